The normalized spacial score (nSPS) is 27.2. The Morgan fingerprint density at radius 2 is 2.53 bits per heavy atom. The Morgan fingerprint density at radius 3 is 3.05 bits per heavy atom. The minimum Gasteiger partial charge on any atom is -0.397 e. The molecule has 104 valence electrons. The standard InChI is InChI=1S/C12H18N4O3/c1-3-14-12-11(7(2)13)15-6-16(12)10-4-8(18)9(5-17)19-10/h3,6,8-10,17-18H,2,4-5,13H2,1H3/t8-,9-,10-/m1/s1. The van der Waals surface area contributed by atoms with Crippen LogP contribution in [0.3, 0.4) is 0 Å². The Hall–Kier alpha value is -1.70. The van der Waals surface area contributed by atoms with Crippen LogP contribution in [0.2, 0.25) is 0 Å². The molecule has 0 aliphatic carbocycles. The summed E-state index contributed by atoms with van der Waals surface area (Å²) in [4.78, 5) is 8.37. The third-order valence-corrected chi connectivity index (χ3v) is 3.02. The van der Waals surface area contributed by atoms with E-state index in [1.54, 1.807) is 24.0 Å². The van der Waals surface area contributed by atoms with E-state index in [0.717, 1.165) is 0 Å². The molecule has 7 heteroatoms. The van der Waals surface area contributed by atoms with Crippen molar-refractivity contribution in [1.82, 2.24) is 9.55 Å². The van der Waals surface area contributed by atoms with Crippen LogP contribution in [0, 0.1) is 0 Å². The van der Waals surface area contributed by atoms with Crippen LogP contribution in [-0.2, 0) is 4.74 Å². The zero-order valence-corrected chi connectivity index (χ0v) is 10.7. The first-order valence-corrected chi connectivity index (χ1v) is 6.03. The van der Waals surface area contributed by atoms with Crippen LogP contribution in [0.1, 0.15) is 25.3 Å². The summed E-state index contributed by atoms with van der Waals surface area (Å²) in [5.74, 6) is 0.533. The SMILES string of the molecule is C=C(N)c1ncn([C@H]2C[C@@H](O)[C@@H](CO)O2)c1N=CC. The van der Waals surface area contributed by atoms with E-state index in [9.17, 15) is 5.11 Å². The lowest BCUT2D eigenvalue weighted by Crippen LogP contribution is -2.24. The molecule has 1 fully saturated rings. The lowest BCUT2D eigenvalue weighted by molar-refractivity contribution is -0.0438. The van der Waals surface area contributed by atoms with Crippen molar-refractivity contribution in [1.29, 1.82) is 0 Å². The average Bonchev–Trinajstić information content (AvgIpc) is 2.93. The number of nitrogens with two attached hydrogens (primary N) is 1. The highest BCUT2D eigenvalue weighted by atomic mass is 16.5. The Bertz CT molecular complexity index is 497. The number of aliphatic hydroxyl groups is 2. The molecule has 1 saturated heterocycles. The summed E-state index contributed by atoms with van der Waals surface area (Å²) in [6, 6.07) is 0. The monoisotopic (exact) mass is 266 g/mol. The number of ether oxygens (including phenoxy) is 1. The molecule has 2 heterocycles. The molecular weight excluding hydrogens is 248 g/mol. The molecule has 1 aromatic rings. The van der Waals surface area contributed by atoms with Crippen molar-refractivity contribution in [3.05, 3.63) is 18.6 Å². The maximum absolute atomic E-state index is 9.76. The van der Waals surface area contributed by atoms with Gasteiger partial charge in [-0.2, -0.15) is 0 Å². The van der Waals surface area contributed by atoms with Gasteiger partial charge in [-0.05, 0) is 6.92 Å². The highest BCUT2D eigenvalue weighted by molar-refractivity contribution is 5.70. The first kappa shape index (κ1) is 13.7. The lowest BCUT2D eigenvalue weighted by Gasteiger charge is -2.14. The molecule has 7 nitrogen and oxygen atoms in total. The average molecular weight is 266 g/mol. The van der Waals surface area contributed by atoms with Crippen LogP contribution in [0.4, 0.5) is 5.82 Å². The summed E-state index contributed by atoms with van der Waals surface area (Å²) in [5.41, 5.74) is 6.47. The van der Waals surface area contributed by atoms with Crippen molar-refractivity contribution in [3.8, 4) is 0 Å². The number of imidazole rings is 1. The van der Waals surface area contributed by atoms with E-state index in [-0.39, 0.29) is 6.61 Å². The third-order valence-electron chi connectivity index (χ3n) is 3.02. The summed E-state index contributed by atoms with van der Waals surface area (Å²) in [5, 5.41) is 18.9. The second-order valence-electron chi connectivity index (χ2n) is 4.35. The molecule has 2 rings (SSSR count). The zero-order valence-electron chi connectivity index (χ0n) is 10.7. The number of nitrogens with zero attached hydrogens (tertiary/aromatic N) is 3. The fraction of sp³-hybridized carbons (Fsp3) is 0.500. The first-order chi connectivity index (χ1) is 9.08. The number of aliphatic imine (C=N–C) groups is 1. The number of hydrogen-bond acceptors (Lipinski definition) is 6. The molecule has 19 heavy (non-hydrogen) atoms. The van der Waals surface area contributed by atoms with Gasteiger partial charge in [0.05, 0.1) is 24.7 Å². The van der Waals surface area contributed by atoms with Crippen LogP contribution in [0.15, 0.2) is 17.9 Å². The van der Waals surface area contributed by atoms with E-state index in [4.69, 9.17) is 15.6 Å². The molecule has 3 atom stereocenters. The van der Waals surface area contributed by atoms with Gasteiger partial charge in [-0.25, -0.2) is 9.98 Å². The maximum Gasteiger partial charge on any atom is 0.163 e. The van der Waals surface area contributed by atoms with Crippen molar-refractivity contribution < 1.29 is 14.9 Å². The van der Waals surface area contributed by atoms with Crippen molar-refractivity contribution in [3.63, 3.8) is 0 Å². The van der Waals surface area contributed by atoms with Gasteiger partial charge in [0, 0.05) is 12.6 Å². The van der Waals surface area contributed by atoms with Crippen LogP contribution in [0.5, 0.6) is 0 Å². The fourth-order valence-corrected chi connectivity index (χ4v) is 2.09. The molecule has 0 spiro atoms. The van der Waals surface area contributed by atoms with E-state index < -0.39 is 18.4 Å². The van der Waals surface area contributed by atoms with Gasteiger partial charge in [0.2, 0.25) is 0 Å². The molecule has 4 N–H and O–H groups in total. The van der Waals surface area contributed by atoms with Gasteiger partial charge in [-0.15, -0.1) is 0 Å². The van der Waals surface area contributed by atoms with E-state index in [1.165, 1.54) is 0 Å². The highest BCUT2D eigenvalue weighted by Gasteiger charge is 2.35. The predicted octanol–water partition coefficient (Wildman–Crippen LogP) is 0.175. The Labute approximate surface area is 111 Å². The molecule has 0 aromatic carbocycles. The molecule has 1 aliphatic rings. The summed E-state index contributed by atoms with van der Waals surface area (Å²) in [7, 11) is 0. The molecule has 0 saturated carbocycles. The van der Waals surface area contributed by atoms with Crippen LogP contribution in [0.25, 0.3) is 5.70 Å². The first-order valence-electron chi connectivity index (χ1n) is 6.03. The molecule has 1 aliphatic heterocycles. The Morgan fingerprint density at radius 1 is 1.79 bits per heavy atom. The van der Waals surface area contributed by atoms with Crippen molar-refractivity contribution in [2.24, 2.45) is 10.7 Å². The Balaban J connectivity index is 2.33. The zero-order chi connectivity index (χ0) is 14.0. The summed E-state index contributed by atoms with van der Waals surface area (Å²) >= 11 is 0. The molecular formula is C12H18N4O3. The number of rotatable bonds is 4. The highest BCUT2D eigenvalue weighted by Crippen LogP contribution is 2.34. The van der Waals surface area contributed by atoms with E-state index in [1.807, 2.05) is 0 Å². The second-order valence-corrected chi connectivity index (χ2v) is 4.35. The topological polar surface area (TPSA) is 106 Å². The van der Waals surface area contributed by atoms with Gasteiger partial charge < -0.3 is 20.7 Å². The Kier molecular flexibility index (Phi) is 3.98. The van der Waals surface area contributed by atoms with Crippen molar-refractivity contribution in [2.75, 3.05) is 6.61 Å². The van der Waals surface area contributed by atoms with E-state index >= 15 is 0 Å². The second kappa shape index (κ2) is 5.52. The molecule has 0 amide bonds. The van der Waals surface area contributed by atoms with Crippen LogP contribution < -0.4 is 5.73 Å². The quantitative estimate of drug-likeness (QED) is 0.674. The van der Waals surface area contributed by atoms with Crippen molar-refractivity contribution in [2.45, 2.75) is 31.8 Å². The van der Waals surface area contributed by atoms with Crippen LogP contribution >= 0.6 is 0 Å². The van der Waals surface area contributed by atoms with Gasteiger partial charge in [0.25, 0.3) is 0 Å². The van der Waals surface area contributed by atoms with Gasteiger partial charge in [-0.1, -0.05) is 6.58 Å². The smallest absolute Gasteiger partial charge is 0.163 e. The van der Waals surface area contributed by atoms with Gasteiger partial charge in [0.1, 0.15) is 18.0 Å². The number of aromatic nitrogens is 2. The molecule has 1 aromatic heterocycles. The lowest BCUT2D eigenvalue weighted by atomic mass is 10.2. The molecule has 0 unspecified atom stereocenters. The summed E-state index contributed by atoms with van der Waals surface area (Å²) < 4.78 is 7.25. The van der Waals surface area contributed by atoms with Gasteiger partial charge >= 0.3 is 0 Å². The maximum atomic E-state index is 9.76. The van der Waals surface area contributed by atoms with E-state index in [0.29, 0.717) is 23.6 Å². The minimum atomic E-state index is -0.708. The third kappa shape index (κ3) is 2.53. The predicted molar refractivity (Wildman–Crippen MR) is 70.9 cm³/mol. The molecule has 0 bridgehead atoms. The number of aliphatic hydroxyl groups excluding tert-OH is 2. The fourth-order valence-electron chi connectivity index (χ4n) is 2.09. The minimum absolute atomic E-state index is 0.227. The van der Waals surface area contributed by atoms with Crippen molar-refractivity contribution >= 4 is 17.7 Å². The largest absolute Gasteiger partial charge is 0.397 e. The van der Waals surface area contributed by atoms with Gasteiger partial charge in [-0.3, -0.25) is 4.57 Å². The van der Waals surface area contributed by atoms with Gasteiger partial charge in [0.15, 0.2) is 5.82 Å². The summed E-state index contributed by atoms with van der Waals surface area (Å²) in [6.07, 6.45) is 1.81. The number of hydrogen-bond donors (Lipinski definition) is 3. The van der Waals surface area contributed by atoms with E-state index in [2.05, 4.69) is 16.6 Å². The summed E-state index contributed by atoms with van der Waals surface area (Å²) in [6.45, 7) is 5.20. The van der Waals surface area contributed by atoms with Crippen LogP contribution in [-0.4, -0.2) is 44.8 Å². The molecule has 0 radical (unpaired) electrons.